The highest BCUT2D eigenvalue weighted by molar-refractivity contribution is 7.84. The van der Waals surface area contributed by atoms with Gasteiger partial charge in [0.05, 0.1) is 10.8 Å². The van der Waals surface area contributed by atoms with Gasteiger partial charge < -0.3 is 0 Å². The molecular weight excluding hydrogens is 443 g/mol. The van der Waals surface area contributed by atoms with Crippen LogP contribution >= 0.6 is 7.92 Å². The van der Waals surface area contributed by atoms with Crippen molar-refractivity contribution < 1.29 is 13.0 Å². The highest BCUT2D eigenvalue weighted by atomic mass is 32.2. The number of hydrogen-bond donors (Lipinski definition) is 0. The van der Waals surface area contributed by atoms with Crippen molar-refractivity contribution >= 4 is 24.2 Å². The van der Waals surface area contributed by atoms with E-state index in [-0.39, 0.29) is 10.3 Å². The molecule has 0 fully saturated rings. The van der Waals surface area contributed by atoms with Crippen molar-refractivity contribution in [3.63, 3.8) is 0 Å². The molecule has 6 heteroatoms. The lowest BCUT2D eigenvalue weighted by atomic mass is 9.98. The van der Waals surface area contributed by atoms with E-state index in [1.165, 1.54) is 17.4 Å². The summed E-state index contributed by atoms with van der Waals surface area (Å²) in [5.74, 6) is -1.27. The van der Waals surface area contributed by atoms with Gasteiger partial charge >= 0.3 is 0 Å². The molecule has 2 rings (SSSR count). The average Bonchev–Trinajstić information content (AvgIpc) is 2.58. The molecule has 0 aliphatic rings. The van der Waals surface area contributed by atoms with E-state index >= 15 is 0 Å². The van der Waals surface area contributed by atoms with Gasteiger partial charge in [0.1, 0.15) is 22.6 Å². The largest absolute Gasteiger partial charge is 0.242 e. The maximum absolute atomic E-state index is 14.3. The van der Waals surface area contributed by atoms with Gasteiger partial charge in [0.25, 0.3) is 0 Å². The van der Waals surface area contributed by atoms with Crippen LogP contribution in [0.3, 0.4) is 0 Å². The zero-order valence-corrected chi connectivity index (χ0v) is 22.8. The number of hydrogen-bond acceptors (Lipinski definition) is 1. The van der Waals surface area contributed by atoms with Crippen molar-refractivity contribution in [3.05, 3.63) is 65.2 Å². The standard InChI is InChI=1S/C26H38F2NOPS/c1-24(2,3)31(25(4,5)6)22-14-12-11-13-21(22)23(29(10)32(30)26(7,8)9)18-15-19(27)17-20(28)16-18/h11-17,23H,1-10H3. The minimum Gasteiger partial charge on any atom is -0.242 e. The third-order valence-electron chi connectivity index (χ3n) is 5.16. The van der Waals surface area contributed by atoms with Crippen LogP contribution in [-0.4, -0.2) is 30.6 Å². The number of rotatable bonds is 5. The van der Waals surface area contributed by atoms with E-state index in [2.05, 4.69) is 47.6 Å². The third-order valence-corrected chi connectivity index (χ3v) is 10.5. The van der Waals surface area contributed by atoms with Crippen molar-refractivity contribution in [1.29, 1.82) is 0 Å². The summed E-state index contributed by atoms with van der Waals surface area (Å²) in [4.78, 5) is 0. The number of benzene rings is 2. The molecule has 0 saturated heterocycles. The van der Waals surface area contributed by atoms with E-state index < -0.39 is 41.3 Å². The lowest BCUT2D eigenvalue weighted by Gasteiger charge is -2.44. The van der Waals surface area contributed by atoms with Gasteiger partial charge in [0, 0.05) is 13.1 Å². The Balaban J connectivity index is 2.85. The van der Waals surface area contributed by atoms with E-state index in [1.54, 1.807) is 11.4 Å². The molecule has 2 aromatic rings. The molecule has 0 aromatic heterocycles. The maximum Gasteiger partial charge on any atom is 0.126 e. The number of nitrogens with zero attached hydrogens (tertiary/aromatic N) is 1. The summed E-state index contributed by atoms with van der Waals surface area (Å²) in [7, 11) is -0.297. The van der Waals surface area contributed by atoms with Crippen LogP contribution in [0.1, 0.15) is 79.5 Å². The molecule has 0 radical (unpaired) electrons. The Kier molecular flexibility index (Phi) is 8.13. The molecule has 2 unspecified atom stereocenters. The van der Waals surface area contributed by atoms with Gasteiger partial charge in [-0.05, 0) is 59.6 Å². The first-order chi connectivity index (χ1) is 14.4. The van der Waals surface area contributed by atoms with Gasteiger partial charge in [-0.25, -0.2) is 17.3 Å². The van der Waals surface area contributed by atoms with Crippen molar-refractivity contribution in [1.82, 2.24) is 4.31 Å². The van der Waals surface area contributed by atoms with Crippen LogP contribution in [0.25, 0.3) is 0 Å². The molecular formula is C26H38F2NOPS. The predicted molar refractivity (Wildman–Crippen MR) is 136 cm³/mol. The van der Waals surface area contributed by atoms with Crippen LogP contribution in [0.2, 0.25) is 0 Å². The van der Waals surface area contributed by atoms with E-state index in [9.17, 15) is 13.0 Å². The van der Waals surface area contributed by atoms with E-state index in [4.69, 9.17) is 0 Å². The summed E-state index contributed by atoms with van der Waals surface area (Å²) in [6.07, 6.45) is 0. The Bertz CT molecular complexity index is 939. The summed E-state index contributed by atoms with van der Waals surface area (Å²) < 4.78 is 43.3. The van der Waals surface area contributed by atoms with Crippen LogP contribution in [0.15, 0.2) is 42.5 Å². The first-order valence-electron chi connectivity index (χ1n) is 10.9. The summed E-state index contributed by atoms with van der Waals surface area (Å²) in [5.41, 5.74) is 1.42. The molecule has 0 spiro atoms. The topological polar surface area (TPSA) is 20.3 Å². The Morgan fingerprint density at radius 2 is 1.31 bits per heavy atom. The molecule has 0 amide bonds. The Hall–Kier alpha value is -1.16. The Morgan fingerprint density at radius 1 is 0.844 bits per heavy atom. The van der Waals surface area contributed by atoms with Crippen LogP contribution in [0, 0.1) is 11.6 Å². The minimum atomic E-state index is -1.39. The fourth-order valence-corrected chi connectivity index (χ4v) is 9.94. The van der Waals surface area contributed by atoms with E-state index in [0.29, 0.717) is 5.56 Å². The van der Waals surface area contributed by atoms with Crippen LogP contribution in [-0.2, 0) is 11.0 Å². The first-order valence-corrected chi connectivity index (χ1v) is 13.4. The monoisotopic (exact) mass is 481 g/mol. The molecule has 0 heterocycles. The Morgan fingerprint density at radius 3 is 1.75 bits per heavy atom. The maximum atomic E-state index is 14.3. The smallest absolute Gasteiger partial charge is 0.126 e. The van der Waals surface area contributed by atoms with Crippen molar-refractivity contribution in [2.75, 3.05) is 7.05 Å². The molecule has 0 bridgehead atoms. The highest BCUT2D eigenvalue weighted by Crippen LogP contribution is 2.59. The van der Waals surface area contributed by atoms with Gasteiger partial charge in [-0.15, -0.1) is 0 Å². The van der Waals surface area contributed by atoms with Crippen molar-refractivity contribution in [2.45, 2.75) is 83.4 Å². The lowest BCUT2D eigenvalue weighted by molar-refractivity contribution is 0.437. The molecule has 2 atom stereocenters. The third kappa shape index (κ3) is 6.24. The highest BCUT2D eigenvalue weighted by Gasteiger charge is 2.39. The molecule has 0 aliphatic carbocycles. The van der Waals surface area contributed by atoms with Gasteiger partial charge in [-0.1, -0.05) is 73.7 Å². The molecule has 0 aliphatic heterocycles. The van der Waals surface area contributed by atoms with Crippen LogP contribution in [0.5, 0.6) is 0 Å². The van der Waals surface area contributed by atoms with Gasteiger partial charge in [-0.2, -0.15) is 0 Å². The Labute approximate surface area is 197 Å². The molecule has 0 saturated carbocycles. The average molecular weight is 482 g/mol. The number of halogens is 2. The molecule has 32 heavy (non-hydrogen) atoms. The van der Waals surface area contributed by atoms with Crippen molar-refractivity contribution in [2.24, 2.45) is 0 Å². The lowest BCUT2D eigenvalue weighted by Crippen LogP contribution is -2.40. The zero-order valence-electron chi connectivity index (χ0n) is 21.1. The quantitative estimate of drug-likeness (QED) is 0.415. The second kappa shape index (κ2) is 9.60. The summed E-state index contributed by atoms with van der Waals surface area (Å²) >= 11 is 0. The predicted octanol–water partition coefficient (Wildman–Crippen LogP) is 7.15. The van der Waals surface area contributed by atoms with E-state index in [0.717, 1.165) is 11.6 Å². The fourth-order valence-electron chi connectivity index (χ4n) is 4.50. The van der Waals surface area contributed by atoms with Crippen LogP contribution in [0.4, 0.5) is 8.78 Å². The molecule has 2 aromatic carbocycles. The second-order valence-electron chi connectivity index (χ2n) is 11.2. The summed E-state index contributed by atoms with van der Waals surface area (Å²) in [5, 5.41) is 1.18. The fraction of sp³-hybridized carbons (Fsp3) is 0.538. The second-order valence-corrected chi connectivity index (χ2v) is 17.4. The molecule has 0 N–H and O–H groups in total. The molecule has 2 nitrogen and oxygen atoms in total. The van der Waals surface area contributed by atoms with Crippen molar-refractivity contribution in [3.8, 4) is 0 Å². The first kappa shape index (κ1) is 27.1. The summed E-state index contributed by atoms with van der Waals surface area (Å²) in [6.45, 7) is 19.2. The van der Waals surface area contributed by atoms with Gasteiger partial charge in [0.2, 0.25) is 0 Å². The summed E-state index contributed by atoms with van der Waals surface area (Å²) in [6, 6.07) is 11.2. The SMILES string of the molecule is CN(C(c1cc(F)cc(F)c1)c1ccccc1P(C(C)(C)C)C(C)(C)C)S(=O)C(C)(C)C. The van der Waals surface area contributed by atoms with Gasteiger partial charge in [-0.3, -0.25) is 0 Å². The van der Waals surface area contributed by atoms with Crippen LogP contribution < -0.4 is 5.30 Å². The zero-order chi connectivity index (χ0) is 24.6. The van der Waals surface area contributed by atoms with Gasteiger partial charge in [0.15, 0.2) is 0 Å². The normalized spacial score (nSPS) is 15.3. The minimum absolute atomic E-state index is 0.00315. The molecule has 178 valence electrons. The van der Waals surface area contributed by atoms with E-state index in [1.807, 2.05) is 39.0 Å².